The van der Waals surface area contributed by atoms with E-state index in [1.165, 1.54) is 6.07 Å². The van der Waals surface area contributed by atoms with Crippen molar-refractivity contribution >= 4 is 11.6 Å². The van der Waals surface area contributed by atoms with Crippen LogP contribution in [-0.4, -0.2) is 30.7 Å². The number of rotatable bonds is 7. The monoisotopic (exact) mass is 276 g/mol. The van der Waals surface area contributed by atoms with Gasteiger partial charge in [-0.05, 0) is 25.5 Å². The maximum atomic E-state index is 13.3. The maximum Gasteiger partial charge on any atom is 0.183 e. The second kappa shape index (κ2) is 7.69. The van der Waals surface area contributed by atoms with Gasteiger partial charge in [0.1, 0.15) is 11.9 Å². The third-order valence-electron chi connectivity index (χ3n) is 2.44. The van der Waals surface area contributed by atoms with E-state index in [9.17, 15) is 9.50 Å². The van der Waals surface area contributed by atoms with Gasteiger partial charge in [0.2, 0.25) is 0 Å². The molecule has 1 unspecified atom stereocenters. The minimum absolute atomic E-state index is 0.0308. The fourth-order valence-electron chi connectivity index (χ4n) is 1.63. The molecule has 0 aliphatic heterocycles. The molecule has 18 heavy (non-hydrogen) atoms. The molecule has 0 fully saturated rings. The summed E-state index contributed by atoms with van der Waals surface area (Å²) in [4.78, 5) is 0. The zero-order chi connectivity index (χ0) is 13.5. The van der Waals surface area contributed by atoms with Gasteiger partial charge in [-0.1, -0.05) is 23.7 Å². The minimum atomic E-state index is -0.885. The highest BCUT2D eigenvalue weighted by atomic mass is 35.5. The Balaban J connectivity index is 2.72. The van der Waals surface area contributed by atoms with Gasteiger partial charge in [-0.3, -0.25) is 0 Å². The van der Waals surface area contributed by atoms with Crippen molar-refractivity contribution in [2.75, 3.05) is 13.2 Å². The SMILES string of the molecule is CCOC(OCC)C(O)Cc1cccc(F)c1Cl. The van der Waals surface area contributed by atoms with Crippen LogP contribution in [0, 0.1) is 5.82 Å². The van der Waals surface area contributed by atoms with Crippen molar-refractivity contribution in [3.05, 3.63) is 34.6 Å². The van der Waals surface area contributed by atoms with Crippen LogP contribution in [0.4, 0.5) is 4.39 Å². The molecular formula is C13H18ClFO3. The number of aliphatic hydroxyl groups is 1. The second-order valence-electron chi connectivity index (χ2n) is 3.76. The number of hydrogen-bond donors (Lipinski definition) is 1. The minimum Gasteiger partial charge on any atom is -0.387 e. The van der Waals surface area contributed by atoms with Gasteiger partial charge in [-0.25, -0.2) is 4.39 Å². The molecule has 102 valence electrons. The van der Waals surface area contributed by atoms with Crippen LogP contribution in [0.5, 0.6) is 0 Å². The van der Waals surface area contributed by atoms with Crippen LogP contribution in [0.25, 0.3) is 0 Å². The predicted octanol–water partition coefficient (Wildman–Crippen LogP) is 2.78. The number of hydrogen-bond acceptors (Lipinski definition) is 3. The van der Waals surface area contributed by atoms with Crippen LogP contribution < -0.4 is 0 Å². The summed E-state index contributed by atoms with van der Waals surface area (Å²) < 4.78 is 23.8. The highest BCUT2D eigenvalue weighted by Crippen LogP contribution is 2.22. The van der Waals surface area contributed by atoms with E-state index in [1.54, 1.807) is 12.1 Å². The molecule has 0 saturated heterocycles. The molecule has 0 heterocycles. The molecule has 1 rings (SSSR count). The fraction of sp³-hybridized carbons (Fsp3) is 0.538. The largest absolute Gasteiger partial charge is 0.387 e. The number of ether oxygens (including phenoxy) is 2. The third kappa shape index (κ3) is 4.21. The van der Waals surface area contributed by atoms with Gasteiger partial charge in [-0.2, -0.15) is 0 Å². The van der Waals surface area contributed by atoms with Gasteiger partial charge in [-0.15, -0.1) is 0 Å². The van der Waals surface area contributed by atoms with Gasteiger partial charge in [0.15, 0.2) is 6.29 Å². The van der Waals surface area contributed by atoms with Crippen molar-refractivity contribution in [3.63, 3.8) is 0 Å². The molecule has 0 radical (unpaired) electrons. The van der Waals surface area contributed by atoms with E-state index >= 15 is 0 Å². The van der Waals surface area contributed by atoms with E-state index in [1.807, 2.05) is 13.8 Å². The van der Waals surface area contributed by atoms with E-state index in [0.717, 1.165) is 0 Å². The molecule has 1 aromatic rings. The Morgan fingerprint density at radius 3 is 2.44 bits per heavy atom. The Kier molecular flexibility index (Phi) is 6.57. The lowest BCUT2D eigenvalue weighted by atomic mass is 10.1. The number of benzene rings is 1. The van der Waals surface area contributed by atoms with Crippen molar-refractivity contribution in [3.8, 4) is 0 Å². The topological polar surface area (TPSA) is 38.7 Å². The van der Waals surface area contributed by atoms with Gasteiger partial charge < -0.3 is 14.6 Å². The van der Waals surface area contributed by atoms with E-state index in [0.29, 0.717) is 18.8 Å². The molecule has 0 saturated carbocycles. The summed E-state index contributed by atoms with van der Waals surface area (Å²) in [5, 5.41) is 10.0. The quantitative estimate of drug-likeness (QED) is 0.779. The first kappa shape index (κ1) is 15.4. The molecule has 0 aromatic heterocycles. The molecule has 0 aliphatic carbocycles. The zero-order valence-electron chi connectivity index (χ0n) is 10.5. The molecule has 3 nitrogen and oxygen atoms in total. The van der Waals surface area contributed by atoms with Crippen LogP contribution in [0.1, 0.15) is 19.4 Å². The summed E-state index contributed by atoms with van der Waals surface area (Å²) in [6.07, 6.45) is -1.43. The van der Waals surface area contributed by atoms with Crippen LogP contribution in [0.2, 0.25) is 5.02 Å². The Morgan fingerprint density at radius 2 is 1.89 bits per heavy atom. The van der Waals surface area contributed by atoms with Crippen LogP contribution >= 0.6 is 11.6 Å². The Morgan fingerprint density at radius 1 is 1.28 bits per heavy atom. The van der Waals surface area contributed by atoms with Crippen molar-refractivity contribution in [1.82, 2.24) is 0 Å². The molecular weight excluding hydrogens is 259 g/mol. The van der Waals surface area contributed by atoms with Gasteiger partial charge in [0.05, 0.1) is 5.02 Å². The standard InChI is InChI=1S/C13H18ClFO3/c1-3-17-13(18-4-2)11(16)8-9-6-5-7-10(15)12(9)14/h5-7,11,13,16H,3-4,8H2,1-2H3. The van der Waals surface area contributed by atoms with Crippen molar-refractivity contribution < 1.29 is 19.0 Å². The first-order chi connectivity index (χ1) is 8.60. The van der Waals surface area contributed by atoms with Gasteiger partial charge >= 0.3 is 0 Å². The van der Waals surface area contributed by atoms with E-state index in [4.69, 9.17) is 21.1 Å². The molecule has 0 aliphatic rings. The lowest BCUT2D eigenvalue weighted by Crippen LogP contribution is -2.33. The Bertz CT molecular complexity index is 367. The molecule has 5 heteroatoms. The third-order valence-corrected chi connectivity index (χ3v) is 2.86. The average Bonchev–Trinajstić information content (AvgIpc) is 2.34. The van der Waals surface area contributed by atoms with Crippen LogP contribution in [0.15, 0.2) is 18.2 Å². The van der Waals surface area contributed by atoms with Gasteiger partial charge in [0, 0.05) is 19.6 Å². The summed E-state index contributed by atoms with van der Waals surface area (Å²) >= 11 is 5.83. The molecule has 0 amide bonds. The van der Waals surface area contributed by atoms with E-state index in [-0.39, 0.29) is 11.4 Å². The second-order valence-corrected chi connectivity index (χ2v) is 4.14. The summed E-state index contributed by atoms with van der Waals surface area (Å²) in [6.45, 7) is 4.49. The Labute approximate surface area is 111 Å². The Hall–Kier alpha value is -0.680. The maximum absolute atomic E-state index is 13.3. The molecule has 1 atom stereocenters. The average molecular weight is 277 g/mol. The normalized spacial score (nSPS) is 13.0. The molecule has 0 bridgehead atoms. The summed E-state index contributed by atoms with van der Waals surface area (Å²) in [5.41, 5.74) is 0.536. The molecule has 1 N–H and O–H groups in total. The van der Waals surface area contributed by atoms with Gasteiger partial charge in [0.25, 0.3) is 0 Å². The summed E-state index contributed by atoms with van der Waals surface area (Å²) in [5.74, 6) is -0.495. The first-order valence-electron chi connectivity index (χ1n) is 5.94. The molecule has 0 spiro atoms. The lowest BCUT2D eigenvalue weighted by molar-refractivity contribution is -0.188. The zero-order valence-corrected chi connectivity index (χ0v) is 11.3. The van der Waals surface area contributed by atoms with Crippen LogP contribution in [0.3, 0.4) is 0 Å². The van der Waals surface area contributed by atoms with E-state index in [2.05, 4.69) is 0 Å². The predicted molar refractivity (Wildman–Crippen MR) is 68.2 cm³/mol. The van der Waals surface area contributed by atoms with Crippen molar-refractivity contribution in [2.45, 2.75) is 32.7 Å². The van der Waals surface area contributed by atoms with Crippen LogP contribution in [-0.2, 0) is 15.9 Å². The van der Waals surface area contributed by atoms with Crippen molar-refractivity contribution in [1.29, 1.82) is 0 Å². The first-order valence-corrected chi connectivity index (χ1v) is 6.32. The highest BCUT2D eigenvalue weighted by molar-refractivity contribution is 6.31. The summed E-state index contributed by atoms with van der Waals surface area (Å²) in [7, 11) is 0. The number of aliphatic hydroxyl groups excluding tert-OH is 1. The smallest absolute Gasteiger partial charge is 0.183 e. The highest BCUT2D eigenvalue weighted by Gasteiger charge is 2.21. The van der Waals surface area contributed by atoms with Crippen molar-refractivity contribution in [2.24, 2.45) is 0 Å². The fourth-order valence-corrected chi connectivity index (χ4v) is 1.83. The number of halogens is 2. The molecule has 1 aromatic carbocycles. The summed E-state index contributed by atoms with van der Waals surface area (Å²) in [6, 6.07) is 4.50. The van der Waals surface area contributed by atoms with E-state index < -0.39 is 18.2 Å². The lowest BCUT2D eigenvalue weighted by Gasteiger charge is -2.22.